The summed E-state index contributed by atoms with van der Waals surface area (Å²) in [5, 5.41) is 0. The van der Waals surface area contributed by atoms with E-state index in [0.717, 1.165) is 37.4 Å². The number of anilines is 2. The van der Waals surface area contributed by atoms with Gasteiger partial charge in [-0.2, -0.15) is 0 Å². The fourth-order valence-corrected chi connectivity index (χ4v) is 3.47. The van der Waals surface area contributed by atoms with Crippen molar-refractivity contribution in [1.29, 1.82) is 0 Å². The molecule has 5 nitrogen and oxygen atoms in total. The SMILES string of the molecule is C=C/C=C(\S)C(N)=Nc1ccc(N(CC/C=C/C)CCN2CCCC2)c(N)c1. The molecule has 1 fully saturated rings. The third-order valence-corrected chi connectivity index (χ3v) is 5.20. The molecule has 1 aromatic rings. The highest BCUT2D eigenvalue weighted by Crippen LogP contribution is 2.29. The zero-order valence-electron chi connectivity index (χ0n) is 16.8. The number of amidine groups is 1. The number of benzene rings is 1. The monoisotopic (exact) mass is 399 g/mol. The van der Waals surface area contributed by atoms with Gasteiger partial charge in [0.1, 0.15) is 5.84 Å². The highest BCUT2D eigenvalue weighted by molar-refractivity contribution is 7.85. The Balaban J connectivity index is 2.15. The van der Waals surface area contributed by atoms with Crippen LogP contribution >= 0.6 is 12.6 Å². The van der Waals surface area contributed by atoms with Gasteiger partial charge in [0.05, 0.1) is 17.1 Å². The zero-order valence-corrected chi connectivity index (χ0v) is 17.7. The second-order valence-electron chi connectivity index (χ2n) is 6.92. The van der Waals surface area contributed by atoms with Crippen LogP contribution in [0.25, 0.3) is 0 Å². The van der Waals surface area contributed by atoms with Gasteiger partial charge < -0.3 is 21.3 Å². The molecule has 0 aliphatic carbocycles. The van der Waals surface area contributed by atoms with Gasteiger partial charge in [0.15, 0.2) is 0 Å². The van der Waals surface area contributed by atoms with Gasteiger partial charge in [0.2, 0.25) is 0 Å². The predicted molar refractivity (Wildman–Crippen MR) is 127 cm³/mol. The lowest BCUT2D eigenvalue weighted by molar-refractivity contribution is 0.345. The van der Waals surface area contributed by atoms with Gasteiger partial charge in [0, 0.05) is 24.5 Å². The predicted octanol–water partition coefficient (Wildman–Crippen LogP) is 4.13. The maximum Gasteiger partial charge on any atom is 0.137 e. The van der Waals surface area contributed by atoms with Crippen molar-refractivity contribution in [3.63, 3.8) is 0 Å². The van der Waals surface area contributed by atoms with Gasteiger partial charge in [-0.25, -0.2) is 4.99 Å². The lowest BCUT2D eigenvalue weighted by Gasteiger charge is -2.28. The van der Waals surface area contributed by atoms with Gasteiger partial charge in [-0.3, -0.25) is 0 Å². The number of allylic oxidation sites excluding steroid dienone is 3. The minimum absolute atomic E-state index is 0.342. The Labute approximate surface area is 174 Å². The molecular formula is C22H33N5S. The van der Waals surface area contributed by atoms with E-state index in [9.17, 15) is 0 Å². The van der Waals surface area contributed by atoms with Gasteiger partial charge >= 0.3 is 0 Å². The van der Waals surface area contributed by atoms with E-state index in [4.69, 9.17) is 11.5 Å². The highest BCUT2D eigenvalue weighted by Gasteiger charge is 2.15. The number of thiol groups is 1. The summed E-state index contributed by atoms with van der Waals surface area (Å²) < 4.78 is 0. The minimum Gasteiger partial charge on any atom is -0.397 e. The molecule has 0 aromatic heterocycles. The second-order valence-corrected chi connectivity index (χ2v) is 7.40. The summed E-state index contributed by atoms with van der Waals surface area (Å²) in [7, 11) is 0. The van der Waals surface area contributed by atoms with E-state index < -0.39 is 0 Å². The van der Waals surface area contributed by atoms with Crippen LogP contribution in [0.1, 0.15) is 26.2 Å². The summed E-state index contributed by atoms with van der Waals surface area (Å²) in [4.78, 5) is 9.88. The molecule has 0 bridgehead atoms. The third-order valence-electron chi connectivity index (χ3n) is 4.83. The average molecular weight is 400 g/mol. The lowest BCUT2D eigenvalue weighted by atomic mass is 10.2. The summed E-state index contributed by atoms with van der Waals surface area (Å²) >= 11 is 4.32. The Morgan fingerprint density at radius 1 is 1.32 bits per heavy atom. The molecule has 2 rings (SSSR count). The molecule has 0 saturated carbocycles. The topological polar surface area (TPSA) is 70.9 Å². The number of hydrogen-bond acceptors (Lipinski definition) is 5. The van der Waals surface area contributed by atoms with Crippen LogP contribution in [-0.4, -0.2) is 43.5 Å². The smallest absolute Gasteiger partial charge is 0.137 e. The van der Waals surface area contributed by atoms with Crippen LogP contribution in [0.5, 0.6) is 0 Å². The molecule has 28 heavy (non-hydrogen) atoms. The third kappa shape index (κ3) is 6.77. The van der Waals surface area contributed by atoms with Gasteiger partial charge in [-0.05, 0) is 63.6 Å². The lowest BCUT2D eigenvalue weighted by Crippen LogP contribution is -2.34. The van der Waals surface area contributed by atoms with E-state index in [1.165, 1.54) is 25.9 Å². The molecule has 0 radical (unpaired) electrons. The average Bonchev–Trinajstić information content (AvgIpc) is 3.19. The summed E-state index contributed by atoms with van der Waals surface area (Å²) in [6.45, 7) is 11.1. The Kier molecular flexibility index (Phi) is 9.17. The molecule has 6 heteroatoms. The molecule has 1 saturated heterocycles. The number of hydrogen-bond donors (Lipinski definition) is 3. The van der Waals surface area contributed by atoms with Crippen molar-refractivity contribution in [3.8, 4) is 0 Å². The van der Waals surface area contributed by atoms with Gasteiger partial charge in [-0.15, -0.1) is 12.6 Å². The fourth-order valence-electron chi connectivity index (χ4n) is 3.31. The molecule has 1 aliphatic heterocycles. The molecule has 1 aliphatic rings. The molecule has 0 amide bonds. The van der Waals surface area contributed by atoms with Crippen LogP contribution in [0.2, 0.25) is 0 Å². The molecule has 0 unspecified atom stereocenters. The second kappa shape index (κ2) is 11.6. The van der Waals surface area contributed by atoms with Crippen LogP contribution in [0.3, 0.4) is 0 Å². The van der Waals surface area contributed by atoms with Crippen molar-refractivity contribution in [3.05, 3.63) is 54.0 Å². The molecular weight excluding hydrogens is 366 g/mol. The van der Waals surface area contributed by atoms with Crippen molar-refractivity contribution in [2.24, 2.45) is 10.7 Å². The van der Waals surface area contributed by atoms with Crippen LogP contribution in [-0.2, 0) is 0 Å². The first kappa shape index (κ1) is 22.1. The highest BCUT2D eigenvalue weighted by atomic mass is 32.1. The van der Waals surface area contributed by atoms with Crippen molar-refractivity contribution in [1.82, 2.24) is 4.90 Å². The molecule has 4 N–H and O–H groups in total. The molecule has 1 heterocycles. The van der Waals surface area contributed by atoms with Crippen LogP contribution in [0, 0.1) is 0 Å². The van der Waals surface area contributed by atoms with Crippen molar-refractivity contribution in [2.75, 3.05) is 43.4 Å². The molecule has 152 valence electrons. The van der Waals surface area contributed by atoms with Crippen LogP contribution in [0.4, 0.5) is 17.1 Å². The van der Waals surface area contributed by atoms with Crippen molar-refractivity contribution < 1.29 is 0 Å². The first-order valence-electron chi connectivity index (χ1n) is 9.89. The number of nitrogen functional groups attached to an aromatic ring is 1. The van der Waals surface area contributed by atoms with Crippen molar-refractivity contribution >= 4 is 35.5 Å². The van der Waals surface area contributed by atoms with Gasteiger partial charge in [-0.1, -0.05) is 24.8 Å². The van der Waals surface area contributed by atoms with Crippen LogP contribution < -0.4 is 16.4 Å². The maximum absolute atomic E-state index is 6.39. The number of nitrogens with zero attached hydrogens (tertiary/aromatic N) is 3. The van der Waals surface area contributed by atoms with E-state index in [-0.39, 0.29) is 0 Å². The Hall–Kier alpha value is -2.18. The number of likely N-dealkylation sites (tertiary alicyclic amines) is 1. The zero-order chi connectivity index (χ0) is 20.4. The summed E-state index contributed by atoms with van der Waals surface area (Å²) in [5.74, 6) is 0.342. The summed E-state index contributed by atoms with van der Waals surface area (Å²) in [6, 6.07) is 5.86. The van der Waals surface area contributed by atoms with Crippen molar-refractivity contribution in [2.45, 2.75) is 26.2 Å². The Morgan fingerprint density at radius 3 is 2.71 bits per heavy atom. The molecule has 0 spiro atoms. The quantitative estimate of drug-likeness (QED) is 0.138. The number of rotatable bonds is 10. The summed E-state index contributed by atoms with van der Waals surface area (Å²) in [5.41, 5.74) is 14.8. The van der Waals surface area contributed by atoms with E-state index in [0.29, 0.717) is 16.4 Å². The Bertz CT molecular complexity index is 732. The summed E-state index contributed by atoms with van der Waals surface area (Å²) in [6.07, 6.45) is 11.2. The normalized spacial score (nSPS) is 16.1. The first-order valence-corrected chi connectivity index (χ1v) is 10.3. The van der Waals surface area contributed by atoms with E-state index in [1.807, 2.05) is 18.2 Å². The first-order chi connectivity index (χ1) is 13.5. The number of aliphatic imine (C=N–C) groups is 1. The number of nitrogens with two attached hydrogens (primary N) is 2. The van der Waals surface area contributed by atoms with Crippen LogP contribution in [0.15, 0.2) is 59.0 Å². The van der Waals surface area contributed by atoms with Gasteiger partial charge in [0.25, 0.3) is 0 Å². The molecule has 1 aromatic carbocycles. The van der Waals surface area contributed by atoms with E-state index in [1.54, 1.807) is 12.2 Å². The van der Waals surface area contributed by atoms with E-state index >= 15 is 0 Å². The standard InChI is InChI=1S/C22H33N5S/c1-3-5-6-14-27(16-15-26-12-7-8-13-26)20-11-10-18(17-19(20)23)25-22(24)21(28)9-4-2/h3-5,9-11,17,28H,2,6-8,12-16,23H2,1H3,(H2,24,25)/b5-3+,21-9-. The molecule has 0 atom stereocenters. The fraction of sp³-hybridized carbons (Fsp3) is 0.409. The van der Waals surface area contributed by atoms with E-state index in [2.05, 4.69) is 53.1 Å². The largest absolute Gasteiger partial charge is 0.397 e. The maximum atomic E-state index is 6.39. The Morgan fingerprint density at radius 2 is 2.07 bits per heavy atom. The minimum atomic E-state index is 0.342.